The number of aromatic nitrogens is 2. The molecular weight excluding hydrogens is 196 g/mol. The molecule has 0 saturated heterocycles. The van der Waals surface area contributed by atoms with Crippen molar-refractivity contribution in [2.75, 3.05) is 0 Å². The number of aryl methyl sites for hydroxylation is 2. The Balaban J connectivity index is 1.95. The summed E-state index contributed by atoms with van der Waals surface area (Å²) < 4.78 is 2.00. The molecule has 0 N–H and O–H groups in total. The molecule has 0 fully saturated rings. The minimum Gasteiger partial charge on any atom is -0.336 e. The van der Waals surface area contributed by atoms with Crippen molar-refractivity contribution in [2.45, 2.75) is 13.0 Å². The van der Waals surface area contributed by atoms with Crippen molar-refractivity contribution in [3.05, 3.63) is 53.6 Å². The summed E-state index contributed by atoms with van der Waals surface area (Å²) in [7, 11) is 0. The van der Waals surface area contributed by atoms with Crippen LogP contribution in [-0.4, -0.2) is 9.55 Å². The first kappa shape index (κ1) is 9.28. The molecule has 2 nitrogen and oxygen atoms in total. The SMILES string of the molecule is Clc1cn(CCc2ccccc2)cn1. The van der Waals surface area contributed by atoms with Crippen LogP contribution in [0.3, 0.4) is 0 Å². The number of benzene rings is 1. The largest absolute Gasteiger partial charge is 0.336 e. The average Bonchev–Trinajstić information content (AvgIpc) is 2.63. The van der Waals surface area contributed by atoms with E-state index in [1.807, 2.05) is 16.8 Å². The first-order valence-corrected chi connectivity index (χ1v) is 4.93. The smallest absolute Gasteiger partial charge is 0.146 e. The molecule has 0 aliphatic carbocycles. The van der Waals surface area contributed by atoms with Gasteiger partial charge in [0, 0.05) is 12.7 Å². The van der Waals surface area contributed by atoms with E-state index in [0.717, 1.165) is 13.0 Å². The van der Waals surface area contributed by atoms with Crippen LogP contribution in [0, 0.1) is 0 Å². The van der Waals surface area contributed by atoms with E-state index in [2.05, 4.69) is 29.2 Å². The van der Waals surface area contributed by atoms with Gasteiger partial charge in [-0.3, -0.25) is 0 Å². The fraction of sp³-hybridized carbons (Fsp3) is 0.182. The second kappa shape index (κ2) is 4.29. The predicted molar refractivity (Wildman–Crippen MR) is 57.4 cm³/mol. The topological polar surface area (TPSA) is 17.8 Å². The van der Waals surface area contributed by atoms with Gasteiger partial charge in [-0.25, -0.2) is 4.98 Å². The zero-order valence-corrected chi connectivity index (χ0v) is 8.48. The number of halogens is 1. The van der Waals surface area contributed by atoms with Crippen LogP contribution in [0.25, 0.3) is 0 Å². The van der Waals surface area contributed by atoms with E-state index in [1.165, 1.54) is 5.56 Å². The first-order valence-electron chi connectivity index (χ1n) is 4.56. The summed E-state index contributed by atoms with van der Waals surface area (Å²) in [4.78, 5) is 3.96. The molecular formula is C11H11ClN2. The quantitative estimate of drug-likeness (QED) is 0.755. The molecule has 0 unspecified atom stereocenters. The van der Waals surface area contributed by atoms with Crippen LogP contribution in [0.2, 0.25) is 5.15 Å². The van der Waals surface area contributed by atoms with Crippen LogP contribution < -0.4 is 0 Å². The van der Waals surface area contributed by atoms with E-state index in [4.69, 9.17) is 11.6 Å². The third kappa shape index (κ3) is 2.36. The Morgan fingerprint density at radius 3 is 2.64 bits per heavy atom. The van der Waals surface area contributed by atoms with Gasteiger partial charge in [0.15, 0.2) is 0 Å². The van der Waals surface area contributed by atoms with E-state index >= 15 is 0 Å². The van der Waals surface area contributed by atoms with Gasteiger partial charge < -0.3 is 4.57 Å². The van der Waals surface area contributed by atoms with Gasteiger partial charge in [-0.1, -0.05) is 41.9 Å². The lowest BCUT2D eigenvalue weighted by Gasteiger charge is -2.01. The van der Waals surface area contributed by atoms with Crippen molar-refractivity contribution >= 4 is 11.6 Å². The molecule has 14 heavy (non-hydrogen) atoms. The molecule has 0 spiro atoms. The van der Waals surface area contributed by atoms with Gasteiger partial charge in [0.25, 0.3) is 0 Å². The summed E-state index contributed by atoms with van der Waals surface area (Å²) in [5.41, 5.74) is 1.33. The van der Waals surface area contributed by atoms with Crippen molar-refractivity contribution in [2.24, 2.45) is 0 Å². The second-order valence-corrected chi connectivity index (χ2v) is 3.56. The Morgan fingerprint density at radius 2 is 2.00 bits per heavy atom. The van der Waals surface area contributed by atoms with Crippen LogP contribution in [0.15, 0.2) is 42.9 Å². The summed E-state index contributed by atoms with van der Waals surface area (Å²) in [6.07, 6.45) is 4.60. The van der Waals surface area contributed by atoms with Crippen LogP contribution in [0.1, 0.15) is 5.56 Å². The normalized spacial score (nSPS) is 10.4. The highest BCUT2D eigenvalue weighted by Crippen LogP contribution is 2.05. The van der Waals surface area contributed by atoms with E-state index in [-0.39, 0.29) is 0 Å². The summed E-state index contributed by atoms with van der Waals surface area (Å²) in [5, 5.41) is 0.554. The predicted octanol–water partition coefficient (Wildman–Crippen LogP) is 2.78. The molecule has 0 atom stereocenters. The van der Waals surface area contributed by atoms with E-state index < -0.39 is 0 Å². The Bertz CT molecular complexity index is 395. The molecule has 2 rings (SSSR count). The molecule has 0 amide bonds. The maximum Gasteiger partial charge on any atom is 0.146 e. The van der Waals surface area contributed by atoms with E-state index in [1.54, 1.807) is 6.33 Å². The number of rotatable bonds is 3. The minimum absolute atomic E-state index is 0.554. The number of imidazole rings is 1. The molecule has 0 aliphatic heterocycles. The number of hydrogen-bond donors (Lipinski definition) is 0. The molecule has 0 saturated carbocycles. The molecule has 3 heteroatoms. The van der Waals surface area contributed by atoms with Gasteiger partial charge in [0.1, 0.15) is 5.15 Å². The number of hydrogen-bond acceptors (Lipinski definition) is 1. The fourth-order valence-corrected chi connectivity index (χ4v) is 1.53. The van der Waals surface area contributed by atoms with Crippen molar-refractivity contribution in [3.63, 3.8) is 0 Å². The standard InChI is InChI=1S/C11H11ClN2/c12-11-8-14(9-13-11)7-6-10-4-2-1-3-5-10/h1-5,8-9H,6-7H2. The molecule has 0 bridgehead atoms. The highest BCUT2D eigenvalue weighted by Gasteiger charge is 1.95. The van der Waals surface area contributed by atoms with Gasteiger partial charge in [-0.2, -0.15) is 0 Å². The molecule has 1 aromatic carbocycles. The molecule has 2 aromatic rings. The van der Waals surface area contributed by atoms with E-state index in [9.17, 15) is 0 Å². The zero-order valence-electron chi connectivity index (χ0n) is 7.73. The van der Waals surface area contributed by atoms with Gasteiger partial charge in [0.2, 0.25) is 0 Å². The Labute approximate surface area is 88.2 Å². The van der Waals surface area contributed by atoms with Crippen molar-refractivity contribution in [1.82, 2.24) is 9.55 Å². The lowest BCUT2D eigenvalue weighted by molar-refractivity contribution is 0.696. The molecule has 1 aromatic heterocycles. The van der Waals surface area contributed by atoms with Crippen LogP contribution >= 0.6 is 11.6 Å². The maximum atomic E-state index is 5.71. The second-order valence-electron chi connectivity index (χ2n) is 3.17. The van der Waals surface area contributed by atoms with Crippen molar-refractivity contribution in [1.29, 1.82) is 0 Å². The molecule has 0 aliphatic rings. The monoisotopic (exact) mass is 206 g/mol. The Hall–Kier alpha value is -1.28. The zero-order chi connectivity index (χ0) is 9.80. The average molecular weight is 207 g/mol. The van der Waals surface area contributed by atoms with Crippen LogP contribution in [0.5, 0.6) is 0 Å². The van der Waals surface area contributed by atoms with Gasteiger partial charge in [-0.05, 0) is 12.0 Å². The lowest BCUT2D eigenvalue weighted by atomic mass is 10.1. The van der Waals surface area contributed by atoms with Crippen LogP contribution in [0.4, 0.5) is 0 Å². The molecule has 1 heterocycles. The summed E-state index contributed by atoms with van der Waals surface area (Å²) >= 11 is 5.71. The third-order valence-corrected chi connectivity index (χ3v) is 2.30. The summed E-state index contributed by atoms with van der Waals surface area (Å²) in [5.74, 6) is 0. The van der Waals surface area contributed by atoms with E-state index in [0.29, 0.717) is 5.15 Å². The highest BCUT2D eigenvalue weighted by atomic mass is 35.5. The summed E-state index contributed by atoms with van der Waals surface area (Å²) in [6.45, 7) is 0.920. The van der Waals surface area contributed by atoms with Gasteiger partial charge in [-0.15, -0.1) is 0 Å². The first-order chi connectivity index (χ1) is 6.84. The van der Waals surface area contributed by atoms with Crippen LogP contribution in [-0.2, 0) is 13.0 Å². The summed E-state index contributed by atoms with van der Waals surface area (Å²) in [6, 6.07) is 10.4. The fourth-order valence-electron chi connectivity index (χ4n) is 1.36. The molecule has 72 valence electrons. The minimum atomic E-state index is 0.554. The van der Waals surface area contributed by atoms with Gasteiger partial charge >= 0.3 is 0 Å². The molecule has 0 radical (unpaired) electrons. The maximum absolute atomic E-state index is 5.71. The number of nitrogens with zero attached hydrogens (tertiary/aromatic N) is 2. The highest BCUT2D eigenvalue weighted by molar-refractivity contribution is 6.29. The third-order valence-electron chi connectivity index (χ3n) is 2.10. The lowest BCUT2D eigenvalue weighted by Crippen LogP contribution is -1.97. The Morgan fingerprint density at radius 1 is 1.21 bits per heavy atom. The Kier molecular flexibility index (Phi) is 2.84. The van der Waals surface area contributed by atoms with Crippen molar-refractivity contribution in [3.8, 4) is 0 Å². The van der Waals surface area contributed by atoms with Gasteiger partial charge in [0.05, 0.1) is 6.33 Å². The van der Waals surface area contributed by atoms with Crippen molar-refractivity contribution < 1.29 is 0 Å².